The number of hydrogen-bond acceptors (Lipinski definition) is 6. The van der Waals surface area contributed by atoms with Crippen molar-refractivity contribution in [2.45, 2.75) is 5.75 Å². The van der Waals surface area contributed by atoms with E-state index in [1.54, 1.807) is 6.07 Å². The van der Waals surface area contributed by atoms with Crippen molar-refractivity contribution in [2.75, 3.05) is 0 Å². The lowest BCUT2D eigenvalue weighted by Gasteiger charge is -2.04. The molecule has 0 heterocycles. The Morgan fingerprint density at radius 1 is 1.06 bits per heavy atom. The Labute approximate surface area is 95.6 Å². The van der Waals surface area contributed by atoms with E-state index < -0.39 is 30.4 Å². The van der Waals surface area contributed by atoms with Crippen LogP contribution < -0.4 is 0 Å². The quantitative estimate of drug-likeness (QED) is 0.550. The van der Waals surface area contributed by atoms with E-state index in [2.05, 4.69) is 0 Å². The Balaban J connectivity index is 3.03. The number of nitro groups is 2. The van der Waals surface area contributed by atoms with E-state index in [4.69, 9.17) is 0 Å². The van der Waals surface area contributed by atoms with Gasteiger partial charge in [0.25, 0.3) is 4.52 Å². The van der Waals surface area contributed by atoms with E-state index >= 15 is 0 Å². The molecule has 0 amide bonds. The normalized spacial score (nSPS) is 10.8. The van der Waals surface area contributed by atoms with Gasteiger partial charge in [0.2, 0.25) is 10.1 Å². The highest BCUT2D eigenvalue weighted by Crippen LogP contribution is 2.10. The maximum Gasteiger partial charge on any atom is 0.355 e. The Morgan fingerprint density at radius 2 is 1.53 bits per heavy atom. The number of hydrazine groups is 2. The lowest BCUT2D eigenvalue weighted by molar-refractivity contribution is -0.870. The van der Waals surface area contributed by atoms with Crippen LogP contribution in [0.3, 0.4) is 0 Å². The predicted octanol–water partition coefficient (Wildman–Crippen LogP) is 0.202. The van der Waals surface area contributed by atoms with Gasteiger partial charge >= 0.3 is 10.0 Å². The van der Waals surface area contributed by atoms with Crippen LogP contribution in [0.1, 0.15) is 5.56 Å². The van der Waals surface area contributed by atoms with Crippen LogP contribution >= 0.6 is 0 Å². The molecule has 0 radical (unpaired) electrons. The van der Waals surface area contributed by atoms with Crippen molar-refractivity contribution in [1.82, 2.24) is 4.52 Å². The van der Waals surface area contributed by atoms with Crippen LogP contribution in [0, 0.1) is 20.2 Å². The Bertz CT molecular complexity index is 514. The van der Waals surface area contributed by atoms with Gasteiger partial charge in [0.05, 0.1) is 0 Å². The fourth-order valence-electron chi connectivity index (χ4n) is 1.11. The van der Waals surface area contributed by atoms with Crippen LogP contribution in [0.15, 0.2) is 30.3 Å². The molecule has 1 aromatic rings. The van der Waals surface area contributed by atoms with Gasteiger partial charge in [-0.15, -0.1) is 0 Å². The van der Waals surface area contributed by atoms with Crippen LogP contribution in [0.5, 0.6) is 0 Å². The summed E-state index contributed by atoms with van der Waals surface area (Å²) in [6.07, 6.45) is 0. The molecule has 0 saturated carbocycles. The fraction of sp³-hybridized carbons (Fsp3) is 0.143. The summed E-state index contributed by atoms with van der Waals surface area (Å²) in [4.78, 5) is 20.6. The van der Waals surface area contributed by atoms with Crippen LogP contribution in [0.4, 0.5) is 0 Å². The molecule has 0 aromatic heterocycles. The van der Waals surface area contributed by atoms with Gasteiger partial charge < -0.3 is 0 Å². The molecule has 0 spiro atoms. The van der Waals surface area contributed by atoms with Crippen molar-refractivity contribution in [3.05, 3.63) is 56.1 Å². The summed E-state index contributed by atoms with van der Waals surface area (Å²) in [5.74, 6) is -0.810. The van der Waals surface area contributed by atoms with Gasteiger partial charge in [-0.25, -0.2) is 20.2 Å². The topological polar surface area (TPSA) is 124 Å². The lowest BCUT2D eigenvalue weighted by Crippen LogP contribution is -2.41. The van der Waals surface area contributed by atoms with Gasteiger partial charge in [-0.05, 0) is 5.56 Å². The van der Waals surface area contributed by atoms with E-state index in [0.29, 0.717) is 0 Å². The Morgan fingerprint density at radius 3 is 1.94 bits per heavy atom. The number of rotatable bonds is 5. The first-order valence-corrected chi connectivity index (χ1v) is 5.81. The van der Waals surface area contributed by atoms with Gasteiger partial charge in [-0.3, -0.25) is 0 Å². The molecule has 0 unspecified atom stereocenters. The SMILES string of the molecule is O=[N+]([O-])N([N+](=O)[O-])S(=O)(=O)Cc1ccccc1. The summed E-state index contributed by atoms with van der Waals surface area (Å²) in [6.45, 7) is 0. The summed E-state index contributed by atoms with van der Waals surface area (Å²) in [5, 5.41) is 17.4. The summed E-state index contributed by atoms with van der Waals surface area (Å²) in [7, 11) is -4.64. The van der Waals surface area contributed by atoms with E-state index in [0.717, 1.165) is 0 Å². The molecule has 1 aromatic carbocycles. The first-order valence-electron chi connectivity index (χ1n) is 4.20. The summed E-state index contributed by atoms with van der Waals surface area (Å²) < 4.78 is 21.9. The fourth-order valence-corrected chi connectivity index (χ4v) is 2.24. The zero-order chi connectivity index (χ0) is 13.1. The average molecular weight is 261 g/mol. The molecule has 0 atom stereocenters. The smallest absolute Gasteiger partial charge is 0.229 e. The van der Waals surface area contributed by atoms with Gasteiger partial charge in [0.15, 0.2) is 0 Å². The molecule has 17 heavy (non-hydrogen) atoms. The zero-order valence-electron chi connectivity index (χ0n) is 8.29. The molecular weight excluding hydrogens is 254 g/mol. The first kappa shape index (κ1) is 12.8. The van der Waals surface area contributed by atoms with E-state index in [1.807, 2.05) is 0 Å². The maximum atomic E-state index is 11.4. The van der Waals surface area contributed by atoms with Crippen molar-refractivity contribution in [3.63, 3.8) is 0 Å². The van der Waals surface area contributed by atoms with Crippen LogP contribution in [0.2, 0.25) is 0 Å². The number of nitrogens with zero attached hydrogens (tertiary/aromatic N) is 3. The summed E-state index contributed by atoms with van der Waals surface area (Å²) in [6, 6.07) is 7.46. The second-order valence-electron chi connectivity index (χ2n) is 2.94. The van der Waals surface area contributed by atoms with Crippen LogP contribution in [-0.4, -0.2) is 23.0 Å². The molecule has 0 fully saturated rings. The minimum Gasteiger partial charge on any atom is -0.229 e. The zero-order valence-corrected chi connectivity index (χ0v) is 9.11. The third-order valence-electron chi connectivity index (χ3n) is 1.72. The molecule has 0 aliphatic rings. The molecule has 0 N–H and O–H groups in total. The number of hydrogen-bond donors (Lipinski definition) is 0. The molecule has 9 nitrogen and oxygen atoms in total. The molecule has 0 saturated heterocycles. The van der Waals surface area contributed by atoms with Crippen LogP contribution in [0.25, 0.3) is 0 Å². The Hall–Kier alpha value is -2.23. The van der Waals surface area contributed by atoms with Crippen molar-refractivity contribution in [3.8, 4) is 0 Å². The second kappa shape index (κ2) is 4.74. The lowest BCUT2D eigenvalue weighted by atomic mass is 10.2. The third kappa shape index (κ3) is 3.11. The molecule has 10 heteroatoms. The molecule has 0 bridgehead atoms. The highest BCUT2D eigenvalue weighted by Gasteiger charge is 2.43. The van der Waals surface area contributed by atoms with Gasteiger partial charge in [0.1, 0.15) is 5.75 Å². The summed E-state index contributed by atoms with van der Waals surface area (Å²) >= 11 is 0. The molecular formula is C7H7N3O6S. The van der Waals surface area contributed by atoms with Crippen molar-refractivity contribution >= 4 is 10.0 Å². The standard InChI is InChI=1S/C7H7N3O6S/c11-9(12)8(10(13)14)17(15,16)6-7-4-2-1-3-5-7/h1-5H,6H2. The van der Waals surface area contributed by atoms with Gasteiger partial charge in [0, 0.05) is 0 Å². The van der Waals surface area contributed by atoms with Crippen molar-refractivity contribution in [1.29, 1.82) is 0 Å². The molecule has 0 aliphatic carbocycles. The van der Waals surface area contributed by atoms with Gasteiger partial charge in [-0.1, -0.05) is 30.3 Å². The Kier molecular flexibility index (Phi) is 3.58. The largest absolute Gasteiger partial charge is 0.355 e. The average Bonchev–Trinajstić information content (AvgIpc) is 2.15. The first-order chi connectivity index (χ1) is 7.84. The highest BCUT2D eigenvalue weighted by atomic mass is 32.2. The number of sulfonamides is 1. The maximum absolute atomic E-state index is 11.4. The molecule has 92 valence electrons. The highest BCUT2D eigenvalue weighted by molar-refractivity contribution is 7.87. The number of benzene rings is 1. The van der Waals surface area contributed by atoms with Crippen molar-refractivity contribution < 1.29 is 18.5 Å². The second-order valence-corrected chi connectivity index (χ2v) is 4.72. The minimum absolute atomic E-state index is 0.223. The minimum atomic E-state index is -4.64. The van der Waals surface area contributed by atoms with Gasteiger partial charge in [-0.2, -0.15) is 8.42 Å². The monoisotopic (exact) mass is 261 g/mol. The molecule has 0 aliphatic heterocycles. The van der Waals surface area contributed by atoms with E-state index in [-0.39, 0.29) is 5.56 Å². The third-order valence-corrected chi connectivity index (χ3v) is 3.18. The van der Waals surface area contributed by atoms with Crippen LogP contribution in [-0.2, 0) is 15.8 Å². The molecule has 1 rings (SSSR count). The summed E-state index contributed by atoms with van der Waals surface area (Å²) in [5.41, 5.74) is 0.223. The van der Waals surface area contributed by atoms with Crippen molar-refractivity contribution in [2.24, 2.45) is 0 Å². The van der Waals surface area contributed by atoms with E-state index in [9.17, 15) is 28.6 Å². The van der Waals surface area contributed by atoms with E-state index in [1.165, 1.54) is 24.3 Å². The predicted molar refractivity (Wildman–Crippen MR) is 54.9 cm³/mol.